The lowest BCUT2D eigenvalue weighted by Crippen LogP contribution is -2.12. The molecule has 0 saturated heterocycles. The fourth-order valence-electron chi connectivity index (χ4n) is 3.07. The van der Waals surface area contributed by atoms with Crippen molar-refractivity contribution in [2.45, 2.75) is 0 Å². The highest BCUT2D eigenvalue weighted by Gasteiger charge is 2.03. The normalized spacial score (nSPS) is 11.3. The molecular formula is C23H31N3O4. The molecule has 0 amide bonds. The molecule has 0 aliphatic carbocycles. The van der Waals surface area contributed by atoms with Crippen LogP contribution in [0.4, 0.5) is 11.4 Å². The zero-order valence-electron chi connectivity index (χ0n) is 17.8. The molecule has 0 aliphatic rings. The van der Waals surface area contributed by atoms with Gasteiger partial charge in [-0.15, -0.1) is 0 Å². The summed E-state index contributed by atoms with van der Waals surface area (Å²) in [4.78, 5) is 4.86. The highest BCUT2D eigenvalue weighted by molar-refractivity contribution is 5.95. The maximum Gasteiger partial charge on any atom is 0.0730 e. The molecule has 1 aromatic heterocycles. The Morgan fingerprint density at radius 2 is 1.13 bits per heavy atom. The van der Waals surface area contributed by atoms with E-state index in [0.29, 0.717) is 39.6 Å². The summed E-state index contributed by atoms with van der Waals surface area (Å²) in [6, 6.07) is 14.7. The highest BCUT2D eigenvalue weighted by atomic mass is 16.5. The molecule has 0 bridgehead atoms. The topological polar surface area (TPSA) is 73.9 Å². The van der Waals surface area contributed by atoms with Gasteiger partial charge in [-0.25, -0.2) is 4.98 Å². The first-order chi connectivity index (χ1) is 14.8. The van der Waals surface area contributed by atoms with Crippen LogP contribution in [0.25, 0.3) is 21.8 Å². The second kappa shape index (κ2) is 12.3. The number of ether oxygens (including phenoxy) is 4. The molecule has 0 aliphatic heterocycles. The lowest BCUT2D eigenvalue weighted by molar-refractivity contribution is 0.0759. The zero-order chi connectivity index (χ0) is 21.0. The summed E-state index contributed by atoms with van der Waals surface area (Å²) >= 11 is 0. The van der Waals surface area contributed by atoms with Gasteiger partial charge < -0.3 is 29.6 Å². The van der Waals surface area contributed by atoms with Gasteiger partial charge in [0.05, 0.1) is 50.7 Å². The lowest BCUT2D eigenvalue weighted by atomic mass is 10.1. The van der Waals surface area contributed by atoms with Crippen molar-refractivity contribution < 1.29 is 18.9 Å². The molecule has 0 radical (unpaired) electrons. The number of hydrogen-bond donors (Lipinski definition) is 2. The number of anilines is 2. The Labute approximate surface area is 177 Å². The van der Waals surface area contributed by atoms with E-state index in [0.717, 1.165) is 46.3 Å². The molecule has 162 valence electrons. The number of aromatic nitrogens is 1. The predicted molar refractivity (Wildman–Crippen MR) is 122 cm³/mol. The molecular weight excluding hydrogens is 382 g/mol. The Morgan fingerprint density at radius 1 is 0.633 bits per heavy atom. The summed E-state index contributed by atoms with van der Waals surface area (Å²) in [6.07, 6.45) is 0. The summed E-state index contributed by atoms with van der Waals surface area (Å²) in [5.74, 6) is 0. The average Bonchev–Trinajstić information content (AvgIpc) is 2.77. The minimum absolute atomic E-state index is 0.610. The molecule has 3 rings (SSSR count). The number of rotatable bonds is 14. The third-order valence-corrected chi connectivity index (χ3v) is 4.63. The first-order valence-corrected chi connectivity index (χ1v) is 10.3. The molecule has 7 nitrogen and oxygen atoms in total. The van der Waals surface area contributed by atoms with E-state index in [-0.39, 0.29) is 0 Å². The van der Waals surface area contributed by atoms with Crippen LogP contribution in [0.3, 0.4) is 0 Å². The van der Waals surface area contributed by atoms with Gasteiger partial charge in [-0.05, 0) is 30.3 Å². The van der Waals surface area contributed by atoms with Crippen molar-refractivity contribution in [3.63, 3.8) is 0 Å². The van der Waals surface area contributed by atoms with E-state index in [9.17, 15) is 0 Å². The Bertz CT molecular complexity index is 848. The maximum absolute atomic E-state index is 5.49. The first kappa shape index (κ1) is 22.2. The summed E-state index contributed by atoms with van der Waals surface area (Å²) in [5, 5.41) is 9.01. The predicted octanol–water partition coefficient (Wildman–Crippen LogP) is 3.54. The van der Waals surface area contributed by atoms with Gasteiger partial charge in [0.1, 0.15) is 0 Å². The van der Waals surface area contributed by atoms with Gasteiger partial charge in [0.2, 0.25) is 0 Å². The van der Waals surface area contributed by atoms with E-state index in [1.807, 2.05) is 0 Å². The van der Waals surface area contributed by atoms with Crippen LogP contribution in [0.2, 0.25) is 0 Å². The van der Waals surface area contributed by atoms with Gasteiger partial charge in [0.25, 0.3) is 0 Å². The van der Waals surface area contributed by atoms with E-state index in [4.69, 9.17) is 23.9 Å². The summed E-state index contributed by atoms with van der Waals surface area (Å²) in [7, 11) is 3.34. The van der Waals surface area contributed by atoms with Gasteiger partial charge in [-0.1, -0.05) is 12.1 Å². The van der Waals surface area contributed by atoms with Crippen molar-refractivity contribution in [3.8, 4) is 0 Å². The van der Waals surface area contributed by atoms with E-state index in [2.05, 4.69) is 53.1 Å². The molecule has 3 aromatic rings. The van der Waals surface area contributed by atoms with Crippen LogP contribution in [0.5, 0.6) is 0 Å². The average molecular weight is 414 g/mol. The van der Waals surface area contributed by atoms with Crippen molar-refractivity contribution in [3.05, 3.63) is 42.5 Å². The van der Waals surface area contributed by atoms with Crippen molar-refractivity contribution in [1.29, 1.82) is 0 Å². The number of methoxy groups -OCH3 is 2. The Kier molecular flexibility index (Phi) is 9.11. The van der Waals surface area contributed by atoms with Crippen LogP contribution in [0.15, 0.2) is 42.5 Å². The fraction of sp³-hybridized carbons (Fsp3) is 0.435. The molecule has 0 saturated carbocycles. The molecule has 7 heteroatoms. The Hall–Kier alpha value is -2.45. The molecule has 0 atom stereocenters. The van der Waals surface area contributed by atoms with E-state index in [1.165, 1.54) is 0 Å². The standard InChI is InChI=1S/C23H31N3O4/c1-27-11-13-29-9-7-24-20-5-3-18-15-19-4-6-21(17-23(19)26-22(18)16-20)25-8-10-30-14-12-28-2/h3-6,15-17,24-25H,7-14H2,1-2H3. The molecule has 2 aromatic carbocycles. The number of nitrogens with zero attached hydrogens (tertiary/aromatic N) is 1. The minimum atomic E-state index is 0.610. The minimum Gasteiger partial charge on any atom is -0.383 e. The third-order valence-electron chi connectivity index (χ3n) is 4.63. The van der Waals surface area contributed by atoms with Gasteiger partial charge in [0, 0.05) is 49.5 Å². The van der Waals surface area contributed by atoms with E-state index >= 15 is 0 Å². The second-order valence-corrected chi connectivity index (χ2v) is 6.87. The first-order valence-electron chi connectivity index (χ1n) is 10.3. The van der Waals surface area contributed by atoms with Crippen LogP contribution in [0, 0.1) is 0 Å². The Morgan fingerprint density at radius 3 is 1.60 bits per heavy atom. The molecule has 30 heavy (non-hydrogen) atoms. The maximum atomic E-state index is 5.49. The van der Waals surface area contributed by atoms with Crippen LogP contribution < -0.4 is 10.6 Å². The number of fused-ring (bicyclic) bond motifs is 2. The zero-order valence-corrected chi connectivity index (χ0v) is 17.8. The van der Waals surface area contributed by atoms with Crippen molar-refractivity contribution >= 4 is 33.2 Å². The Balaban J connectivity index is 1.59. The largest absolute Gasteiger partial charge is 0.383 e. The quantitative estimate of drug-likeness (QED) is 0.309. The van der Waals surface area contributed by atoms with Crippen LogP contribution in [-0.2, 0) is 18.9 Å². The van der Waals surface area contributed by atoms with E-state index in [1.54, 1.807) is 14.2 Å². The van der Waals surface area contributed by atoms with Crippen molar-refractivity contribution in [2.75, 3.05) is 77.6 Å². The fourth-order valence-corrected chi connectivity index (χ4v) is 3.07. The number of benzene rings is 2. The third kappa shape index (κ3) is 6.81. The number of hydrogen-bond acceptors (Lipinski definition) is 7. The monoisotopic (exact) mass is 413 g/mol. The molecule has 0 spiro atoms. The van der Waals surface area contributed by atoms with Crippen LogP contribution in [0.1, 0.15) is 0 Å². The highest BCUT2D eigenvalue weighted by Crippen LogP contribution is 2.24. The second-order valence-electron chi connectivity index (χ2n) is 6.87. The van der Waals surface area contributed by atoms with Crippen LogP contribution >= 0.6 is 0 Å². The summed E-state index contributed by atoms with van der Waals surface area (Å²) in [5.41, 5.74) is 4.00. The van der Waals surface area contributed by atoms with Gasteiger partial charge in [0.15, 0.2) is 0 Å². The number of pyridine rings is 1. The molecule has 0 fully saturated rings. The smallest absolute Gasteiger partial charge is 0.0730 e. The lowest BCUT2D eigenvalue weighted by Gasteiger charge is -2.10. The van der Waals surface area contributed by atoms with Crippen LogP contribution in [-0.4, -0.2) is 71.9 Å². The molecule has 0 unspecified atom stereocenters. The van der Waals surface area contributed by atoms with Gasteiger partial charge in [-0.2, -0.15) is 0 Å². The van der Waals surface area contributed by atoms with Gasteiger partial charge in [-0.3, -0.25) is 0 Å². The number of nitrogens with one attached hydrogen (secondary N) is 2. The molecule has 1 heterocycles. The van der Waals surface area contributed by atoms with Crippen molar-refractivity contribution in [1.82, 2.24) is 4.98 Å². The van der Waals surface area contributed by atoms with Crippen molar-refractivity contribution in [2.24, 2.45) is 0 Å². The molecule has 2 N–H and O–H groups in total. The van der Waals surface area contributed by atoms with E-state index < -0.39 is 0 Å². The summed E-state index contributed by atoms with van der Waals surface area (Å²) in [6.45, 7) is 5.20. The summed E-state index contributed by atoms with van der Waals surface area (Å²) < 4.78 is 20.9. The van der Waals surface area contributed by atoms with Gasteiger partial charge >= 0.3 is 0 Å². The SMILES string of the molecule is COCCOCCNc1ccc2cc3ccc(NCCOCCOC)cc3nc2c1.